The maximum Gasteiger partial charge on any atom is 0.342 e. The number of amides is 1. The Morgan fingerprint density at radius 3 is 2.67 bits per heavy atom. The van der Waals surface area contributed by atoms with Crippen LogP contribution in [0.3, 0.4) is 0 Å². The second-order valence-electron chi connectivity index (χ2n) is 11.9. The lowest BCUT2D eigenvalue weighted by Crippen LogP contribution is -2.27. The van der Waals surface area contributed by atoms with E-state index < -0.39 is 23.7 Å². The normalized spacial score (nSPS) is 16.9. The van der Waals surface area contributed by atoms with Crippen molar-refractivity contribution >= 4 is 23.7 Å². The van der Waals surface area contributed by atoms with Crippen LogP contribution in [0.5, 0.6) is 17.2 Å². The molecule has 0 spiro atoms. The van der Waals surface area contributed by atoms with Crippen molar-refractivity contribution in [2.45, 2.75) is 70.3 Å². The molecule has 0 saturated heterocycles. The highest BCUT2D eigenvalue weighted by Gasteiger charge is 2.31. The van der Waals surface area contributed by atoms with E-state index in [4.69, 9.17) is 14.0 Å². The summed E-state index contributed by atoms with van der Waals surface area (Å²) in [4.78, 5) is 47.6. The number of ether oxygens (including phenoxy) is 2. The molecule has 2 aromatic carbocycles. The lowest BCUT2D eigenvalue weighted by atomic mass is 9.84. The van der Waals surface area contributed by atoms with Crippen molar-refractivity contribution in [1.82, 2.24) is 20.4 Å². The van der Waals surface area contributed by atoms with Crippen LogP contribution < -0.4 is 10.1 Å². The smallest absolute Gasteiger partial charge is 0.342 e. The minimum absolute atomic E-state index is 0.0156. The lowest BCUT2D eigenvalue weighted by molar-refractivity contribution is -0.121. The third-order valence-corrected chi connectivity index (χ3v) is 8.36. The third-order valence-electron chi connectivity index (χ3n) is 8.36. The molecule has 1 amide bonds. The van der Waals surface area contributed by atoms with Crippen molar-refractivity contribution in [3.05, 3.63) is 89.1 Å². The number of methoxy groups -OCH3 is 1. The van der Waals surface area contributed by atoms with Gasteiger partial charge in [-0.3, -0.25) is 14.6 Å². The molecular weight excluding hydrogens is 628 g/mol. The molecule has 5 rings (SSSR count). The van der Waals surface area contributed by atoms with Gasteiger partial charge in [0.25, 0.3) is 0 Å². The number of aromatic hydroxyl groups is 2. The number of phenols is 2. The van der Waals surface area contributed by atoms with Crippen molar-refractivity contribution in [1.29, 1.82) is 0 Å². The number of phenolic OH excluding ortho intramolecular Hbond substituents is 2. The summed E-state index contributed by atoms with van der Waals surface area (Å²) in [5, 5.41) is 30.0. The Balaban J connectivity index is 1.42. The van der Waals surface area contributed by atoms with E-state index in [1.807, 2.05) is 6.07 Å². The molecule has 12 nitrogen and oxygen atoms in total. The second kappa shape index (κ2) is 16.5. The van der Waals surface area contributed by atoms with Crippen LogP contribution in [-0.4, -0.2) is 62.8 Å². The molecule has 2 atom stereocenters. The summed E-state index contributed by atoms with van der Waals surface area (Å²) in [5.74, 6) is -1.29. The number of fused-ring (bicyclic) bond motifs is 1. The van der Waals surface area contributed by atoms with Crippen LogP contribution >= 0.6 is 0 Å². The number of esters is 1. The van der Waals surface area contributed by atoms with Crippen molar-refractivity contribution in [3.8, 4) is 28.6 Å². The Labute approximate surface area is 284 Å². The zero-order chi connectivity index (χ0) is 34.8. The zero-order valence-corrected chi connectivity index (χ0v) is 27.6. The predicted molar refractivity (Wildman–Crippen MR) is 180 cm³/mol. The van der Waals surface area contributed by atoms with Gasteiger partial charge in [-0.25, -0.2) is 4.79 Å². The number of carbonyl (C=O) groups is 3. The van der Waals surface area contributed by atoms with Gasteiger partial charge in [0.1, 0.15) is 28.6 Å². The van der Waals surface area contributed by atoms with Gasteiger partial charge in [0.2, 0.25) is 17.6 Å². The first kappa shape index (κ1) is 34.8. The largest absolute Gasteiger partial charge is 0.507 e. The molecule has 0 bridgehead atoms. The van der Waals surface area contributed by atoms with E-state index in [1.54, 1.807) is 61.8 Å². The molecule has 0 saturated carbocycles. The maximum atomic E-state index is 13.6. The minimum atomic E-state index is -0.856. The summed E-state index contributed by atoms with van der Waals surface area (Å²) >= 11 is 0. The van der Waals surface area contributed by atoms with E-state index in [0.29, 0.717) is 67.1 Å². The molecule has 256 valence electrons. The van der Waals surface area contributed by atoms with Crippen LogP contribution in [-0.2, 0) is 20.7 Å². The summed E-state index contributed by atoms with van der Waals surface area (Å²) in [5.41, 5.74) is 1.48. The molecule has 0 radical (unpaired) electrons. The SMILES string of the molecule is COc1ccc(C(CC(=O)NCCc2nc(-c3cccnc3)no2)c2c(O)cc3c(c2O)C(=O)O[C@@H](C)CCCC(=O)CCC/C=C/3)cc1. The average Bonchev–Trinajstić information content (AvgIpc) is 3.56. The average molecular weight is 669 g/mol. The fourth-order valence-corrected chi connectivity index (χ4v) is 5.78. The Bertz CT molecular complexity index is 1790. The standard InChI is InChI=1S/C37H40N4O8/c1-23-8-6-12-27(42)11-5-3-4-9-25-20-30(43)34(35(45)33(25)37(46)48-23)29(24-13-15-28(47-2)16-14-24)21-31(44)39-19-17-32-40-36(41-49-32)26-10-7-18-38-22-26/h4,7,9-10,13-16,18,20,22-23,29,43,45H,3,5-6,8,11-12,17,19,21H2,1-2H3,(H,39,44)/b9-4+/t23-,29?/m0/s1. The van der Waals surface area contributed by atoms with Crippen molar-refractivity contribution in [3.63, 3.8) is 0 Å². The van der Waals surface area contributed by atoms with Crippen LogP contribution in [0.4, 0.5) is 0 Å². The molecule has 12 heteroatoms. The predicted octanol–water partition coefficient (Wildman–Crippen LogP) is 5.91. The molecule has 1 aliphatic heterocycles. The van der Waals surface area contributed by atoms with Gasteiger partial charge in [0.15, 0.2) is 0 Å². The topological polar surface area (TPSA) is 174 Å². The van der Waals surface area contributed by atoms with E-state index in [-0.39, 0.29) is 53.5 Å². The quantitative estimate of drug-likeness (QED) is 0.181. The number of aromatic nitrogens is 3. The zero-order valence-electron chi connectivity index (χ0n) is 27.6. The van der Waals surface area contributed by atoms with Crippen LogP contribution in [0.2, 0.25) is 0 Å². The lowest BCUT2D eigenvalue weighted by Gasteiger charge is -2.23. The molecule has 0 fully saturated rings. The first-order valence-corrected chi connectivity index (χ1v) is 16.3. The van der Waals surface area contributed by atoms with E-state index >= 15 is 0 Å². The van der Waals surface area contributed by atoms with Crippen LogP contribution in [0.15, 0.2) is 65.5 Å². The summed E-state index contributed by atoms with van der Waals surface area (Å²) < 4.78 is 16.3. The van der Waals surface area contributed by atoms with Crippen molar-refractivity contribution in [2.24, 2.45) is 0 Å². The third kappa shape index (κ3) is 9.10. The number of cyclic esters (lactones) is 1. The molecular formula is C37H40N4O8. The summed E-state index contributed by atoms with van der Waals surface area (Å²) in [6.07, 6.45) is 9.43. The van der Waals surface area contributed by atoms with E-state index in [1.165, 1.54) is 13.2 Å². The number of allylic oxidation sites excluding steroid dienone is 1. The molecule has 3 N–H and O–H groups in total. The van der Waals surface area contributed by atoms with Crippen molar-refractivity contribution in [2.75, 3.05) is 13.7 Å². The maximum absolute atomic E-state index is 13.6. The van der Waals surface area contributed by atoms with Crippen LogP contribution in [0, 0.1) is 0 Å². The van der Waals surface area contributed by atoms with Gasteiger partial charge in [0, 0.05) is 61.7 Å². The number of pyridine rings is 1. The Morgan fingerprint density at radius 2 is 1.92 bits per heavy atom. The van der Waals surface area contributed by atoms with Gasteiger partial charge in [0.05, 0.1) is 13.2 Å². The number of hydrogen-bond donors (Lipinski definition) is 3. The van der Waals surface area contributed by atoms with Gasteiger partial charge in [-0.15, -0.1) is 0 Å². The highest BCUT2D eigenvalue weighted by atomic mass is 16.5. The minimum Gasteiger partial charge on any atom is -0.507 e. The Kier molecular flexibility index (Phi) is 11.7. The first-order valence-electron chi connectivity index (χ1n) is 16.3. The van der Waals surface area contributed by atoms with Gasteiger partial charge in [-0.2, -0.15) is 4.98 Å². The van der Waals surface area contributed by atoms with Gasteiger partial charge < -0.3 is 29.5 Å². The summed E-state index contributed by atoms with van der Waals surface area (Å²) in [6, 6.07) is 11.9. The molecule has 3 heterocycles. The van der Waals surface area contributed by atoms with Crippen molar-refractivity contribution < 1.29 is 38.6 Å². The number of Topliss-reactive ketones (excluding diaryl/α,β-unsaturated/α-hetero) is 1. The Morgan fingerprint density at radius 1 is 1.12 bits per heavy atom. The number of rotatable bonds is 9. The summed E-state index contributed by atoms with van der Waals surface area (Å²) in [7, 11) is 1.53. The molecule has 0 aliphatic carbocycles. The number of hydrogen-bond acceptors (Lipinski definition) is 11. The van der Waals surface area contributed by atoms with Gasteiger partial charge in [-0.05, 0) is 74.1 Å². The summed E-state index contributed by atoms with van der Waals surface area (Å²) in [6.45, 7) is 1.92. The van der Waals surface area contributed by atoms with Gasteiger partial charge in [-0.1, -0.05) is 29.4 Å². The molecule has 49 heavy (non-hydrogen) atoms. The molecule has 1 aliphatic rings. The van der Waals surface area contributed by atoms with E-state index in [0.717, 1.165) is 0 Å². The van der Waals surface area contributed by atoms with E-state index in [9.17, 15) is 24.6 Å². The first-order chi connectivity index (χ1) is 23.7. The number of carbonyl (C=O) groups excluding carboxylic acids is 3. The highest BCUT2D eigenvalue weighted by Crippen LogP contribution is 2.44. The monoisotopic (exact) mass is 668 g/mol. The Hall–Kier alpha value is -5.52. The molecule has 1 unspecified atom stereocenters. The number of benzene rings is 2. The van der Waals surface area contributed by atoms with Gasteiger partial charge >= 0.3 is 5.97 Å². The highest BCUT2D eigenvalue weighted by molar-refractivity contribution is 5.98. The molecule has 2 aromatic heterocycles. The number of nitrogens with zero attached hydrogens (tertiary/aromatic N) is 3. The fourth-order valence-electron chi connectivity index (χ4n) is 5.78. The number of ketones is 1. The van der Waals surface area contributed by atoms with E-state index in [2.05, 4.69) is 20.4 Å². The molecule has 4 aromatic rings. The van der Waals surface area contributed by atoms with Crippen LogP contribution in [0.1, 0.15) is 90.7 Å². The van der Waals surface area contributed by atoms with Crippen LogP contribution in [0.25, 0.3) is 17.5 Å². The fraction of sp³-hybridized carbons (Fsp3) is 0.351. The second-order valence-corrected chi connectivity index (χ2v) is 11.9. The number of nitrogens with one attached hydrogen (secondary N) is 1.